The van der Waals surface area contributed by atoms with Gasteiger partial charge in [0.25, 0.3) is 0 Å². The van der Waals surface area contributed by atoms with Crippen LogP contribution in [0.4, 0.5) is 0 Å². The molecule has 0 aliphatic carbocycles. The van der Waals surface area contributed by atoms with Crippen molar-refractivity contribution in [3.63, 3.8) is 0 Å². The summed E-state index contributed by atoms with van der Waals surface area (Å²) in [5.41, 5.74) is 0. The lowest BCUT2D eigenvalue weighted by Crippen LogP contribution is -2.41. The molecule has 1 fully saturated rings. The van der Waals surface area contributed by atoms with Crippen LogP contribution in [0.25, 0.3) is 0 Å². The zero-order chi connectivity index (χ0) is 12.0. The SMILES string of the molecule is C=C(Cl)CNC(=NC)N(C)CC1CCOC1. The van der Waals surface area contributed by atoms with E-state index in [1.807, 2.05) is 7.05 Å². The third-order valence-electron chi connectivity index (χ3n) is 2.57. The molecule has 0 aromatic rings. The third kappa shape index (κ3) is 4.41. The zero-order valence-corrected chi connectivity index (χ0v) is 10.8. The van der Waals surface area contributed by atoms with Crippen molar-refractivity contribution in [1.29, 1.82) is 0 Å². The number of rotatable bonds is 4. The van der Waals surface area contributed by atoms with Crippen LogP contribution in [-0.4, -0.2) is 51.3 Å². The van der Waals surface area contributed by atoms with E-state index in [0.29, 0.717) is 17.5 Å². The molecule has 4 nitrogen and oxygen atoms in total. The Morgan fingerprint density at radius 2 is 2.44 bits per heavy atom. The highest BCUT2D eigenvalue weighted by molar-refractivity contribution is 6.29. The molecule has 92 valence electrons. The number of nitrogens with zero attached hydrogens (tertiary/aromatic N) is 2. The molecule has 1 heterocycles. The number of hydrogen-bond acceptors (Lipinski definition) is 2. The minimum Gasteiger partial charge on any atom is -0.381 e. The molecule has 0 spiro atoms. The smallest absolute Gasteiger partial charge is 0.193 e. The summed E-state index contributed by atoms with van der Waals surface area (Å²) < 4.78 is 5.35. The number of ether oxygens (including phenoxy) is 1. The Morgan fingerprint density at radius 3 is 2.94 bits per heavy atom. The summed E-state index contributed by atoms with van der Waals surface area (Å²) in [6.07, 6.45) is 1.13. The van der Waals surface area contributed by atoms with Crippen LogP contribution in [0.2, 0.25) is 0 Å². The fraction of sp³-hybridized carbons (Fsp3) is 0.727. The van der Waals surface area contributed by atoms with E-state index in [2.05, 4.69) is 21.8 Å². The summed E-state index contributed by atoms with van der Waals surface area (Å²) >= 11 is 5.70. The highest BCUT2D eigenvalue weighted by Gasteiger charge is 2.18. The lowest BCUT2D eigenvalue weighted by molar-refractivity contribution is 0.181. The molecule has 0 bridgehead atoms. The predicted molar refractivity (Wildman–Crippen MR) is 67.9 cm³/mol. The molecule has 1 aliphatic heterocycles. The van der Waals surface area contributed by atoms with Gasteiger partial charge < -0.3 is 15.0 Å². The van der Waals surface area contributed by atoms with Gasteiger partial charge in [-0.25, -0.2) is 0 Å². The number of nitrogens with one attached hydrogen (secondary N) is 1. The van der Waals surface area contributed by atoms with Crippen LogP contribution in [0.1, 0.15) is 6.42 Å². The quantitative estimate of drug-likeness (QED) is 0.599. The van der Waals surface area contributed by atoms with Gasteiger partial charge in [-0.2, -0.15) is 0 Å². The van der Waals surface area contributed by atoms with Crippen molar-refractivity contribution in [2.24, 2.45) is 10.9 Å². The number of halogens is 1. The molecule has 0 aromatic carbocycles. The number of guanidine groups is 1. The fourth-order valence-electron chi connectivity index (χ4n) is 1.76. The van der Waals surface area contributed by atoms with E-state index in [1.54, 1.807) is 7.05 Å². The van der Waals surface area contributed by atoms with Crippen molar-refractivity contribution < 1.29 is 4.74 Å². The zero-order valence-electron chi connectivity index (χ0n) is 10.0. The van der Waals surface area contributed by atoms with Gasteiger partial charge in [0.2, 0.25) is 0 Å². The van der Waals surface area contributed by atoms with Crippen molar-refractivity contribution in [3.8, 4) is 0 Å². The van der Waals surface area contributed by atoms with Gasteiger partial charge in [-0.15, -0.1) is 0 Å². The second kappa shape index (κ2) is 6.76. The molecule has 1 saturated heterocycles. The summed E-state index contributed by atoms with van der Waals surface area (Å²) in [6.45, 7) is 6.86. The largest absolute Gasteiger partial charge is 0.381 e. The lowest BCUT2D eigenvalue weighted by atomic mass is 10.1. The maximum absolute atomic E-state index is 5.70. The summed E-state index contributed by atoms with van der Waals surface area (Å²) in [5, 5.41) is 3.73. The Hall–Kier alpha value is -0.740. The van der Waals surface area contributed by atoms with Gasteiger partial charge in [-0.1, -0.05) is 18.2 Å². The average molecular weight is 246 g/mol. The minimum atomic E-state index is 0.541. The summed E-state index contributed by atoms with van der Waals surface area (Å²) in [6, 6.07) is 0. The van der Waals surface area contributed by atoms with Crippen molar-refractivity contribution in [1.82, 2.24) is 10.2 Å². The van der Waals surface area contributed by atoms with Crippen LogP contribution in [-0.2, 0) is 4.74 Å². The molecule has 16 heavy (non-hydrogen) atoms. The van der Waals surface area contributed by atoms with Crippen molar-refractivity contribution in [2.45, 2.75) is 6.42 Å². The highest BCUT2D eigenvalue weighted by Crippen LogP contribution is 2.13. The first-order valence-corrected chi connectivity index (χ1v) is 5.84. The molecule has 1 unspecified atom stereocenters. The molecule has 5 heteroatoms. The Kier molecular flexibility index (Phi) is 5.63. The Balaban J connectivity index is 2.36. The van der Waals surface area contributed by atoms with Gasteiger partial charge in [0.15, 0.2) is 5.96 Å². The van der Waals surface area contributed by atoms with Crippen LogP contribution in [0.5, 0.6) is 0 Å². The highest BCUT2D eigenvalue weighted by atomic mass is 35.5. The Morgan fingerprint density at radius 1 is 1.69 bits per heavy atom. The molecule has 1 atom stereocenters. The maximum atomic E-state index is 5.70. The first-order valence-electron chi connectivity index (χ1n) is 5.46. The van der Waals surface area contributed by atoms with E-state index in [1.165, 1.54) is 0 Å². The van der Waals surface area contributed by atoms with Gasteiger partial charge in [-0.3, -0.25) is 4.99 Å². The second-order valence-corrected chi connectivity index (χ2v) is 4.56. The molecule has 0 aromatic heterocycles. The van der Waals surface area contributed by atoms with Crippen molar-refractivity contribution >= 4 is 17.6 Å². The topological polar surface area (TPSA) is 36.9 Å². The van der Waals surface area contributed by atoms with Crippen LogP contribution in [0, 0.1) is 5.92 Å². The minimum absolute atomic E-state index is 0.541. The fourth-order valence-corrected chi connectivity index (χ4v) is 1.83. The number of hydrogen-bond donors (Lipinski definition) is 1. The lowest BCUT2D eigenvalue weighted by Gasteiger charge is -2.24. The standard InChI is InChI=1S/C11H20ClN3O/c1-9(12)6-14-11(13-2)15(3)7-10-4-5-16-8-10/h10H,1,4-8H2,2-3H3,(H,13,14). The van der Waals surface area contributed by atoms with E-state index < -0.39 is 0 Å². The Labute approximate surface area is 102 Å². The monoisotopic (exact) mass is 245 g/mol. The Bertz CT molecular complexity index is 262. The predicted octanol–water partition coefficient (Wildman–Crippen LogP) is 1.28. The van der Waals surface area contributed by atoms with E-state index in [0.717, 1.165) is 32.1 Å². The number of aliphatic imine (C=N–C) groups is 1. The summed E-state index contributed by atoms with van der Waals surface area (Å²) in [7, 11) is 3.78. The van der Waals surface area contributed by atoms with Crippen LogP contribution in [0.3, 0.4) is 0 Å². The van der Waals surface area contributed by atoms with Crippen LogP contribution in [0.15, 0.2) is 16.6 Å². The van der Waals surface area contributed by atoms with E-state index in [-0.39, 0.29) is 0 Å². The second-order valence-electron chi connectivity index (χ2n) is 4.03. The van der Waals surface area contributed by atoms with Crippen LogP contribution >= 0.6 is 11.6 Å². The van der Waals surface area contributed by atoms with Gasteiger partial charge in [-0.05, 0) is 6.42 Å². The summed E-state index contributed by atoms with van der Waals surface area (Å²) in [5.74, 6) is 1.44. The molecular weight excluding hydrogens is 226 g/mol. The van der Waals surface area contributed by atoms with Crippen molar-refractivity contribution in [2.75, 3.05) is 40.4 Å². The summed E-state index contributed by atoms with van der Waals surface area (Å²) in [4.78, 5) is 6.29. The van der Waals surface area contributed by atoms with E-state index in [9.17, 15) is 0 Å². The van der Waals surface area contributed by atoms with Gasteiger partial charge >= 0.3 is 0 Å². The van der Waals surface area contributed by atoms with E-state index in [4.69, 9.17) is 16.3 Å². The molecule has 0 saturated carbocycles. The molecule has 1 aliphatic rings. The first kappa shape index (κ1) is 13.3. The maximum Gasteiger partial charge on any atom is 0.193 e. The third-order valence-corrected chi connectivity index (χ3v) is 2.70. The molecular formula is C11H20ClN3O. The van der Waals surface area contributed by atoms with Crippen LogP contribution < -0.4 is 5.32 Å². The molecule has 1 N–H and O–H groups in total. The normalized spacial score (nSPS) is 20.9. The molecule has 0 radical (unpaired) electrons. The van der Waals surface area contributed by atoms with Gasteiger partial charge in [0.05, 0.1) is 13.2 Å². The molecule has 1 rings (SSSR count). The van der Waals surface area contributed by atoms with Gasteiger partial charge in [0.1, 0.15) is 0 Å². The van der Waals surface area contributed by atoms with Gasteiger partial charge in [0, 0.05) is 38.2 Å². The van der Waals surface area contributed by atoms with E-state index >= 15 is 0 Å². The average Bonchev–Trinajstić information content (AvgIpc) is 2.71. The van der Waals surface area contributed by atoms with Crippen molar-refractivity contribution in [3.05, 3.63) is 11.6 Å². The molecule has 0 amide bonds. The first-order chi connectivity index (χ1) is 7.63.